The second-order valence-electron chi connectivity index (χ2n) is 5.79. The number of nitrogens with zero attached hydrogens (tertiary/aromatic N) is 1. The monoisotopic (exact) mass is 327 g/mol. The maximum atomic E-state index is 12.0. The Morgan fingerprint density at radius 3 is 2.88 bits per heavy atom. The Bertz CT molecular complexity index is 748. The molecule has 0 aromatic heterocycles. The molecule has 1 fully saturated rings. The molecule has 0 radical (unpaired) electrons. The molecule has 1 amide bonds. The molecule has 24 heavy (non-hydrogen) atoms. The quantitative estimate of drug-likeness (QED) is 0.934. The average Bonchev–Trinajstić information content (AvgIpc) is 3.17. The third-order valence-corrected chi connectivity index (χ3v) is 4.12. The zero-order chi connectivity index (χ0) is 16.5. The van der Waals surface area contributed by atoms with Gasteiger partial charge in [-0.25, -0.2) is 4.79 Å². The van der Waals surface area contributed by atoms with E-state index in [4.69, 9.17) is 14.2 Å². The van der Waals surface area contributed by atoms with Crippen LogP contribution in [0.2, 0.25) is 0 Å². The maximum absolute atomic E-state index is 12.0. The van der Waals surface area contributed by atoms with E-state index in [9.17, 15) is 9.90 Å². The number of benzene rings is 2. The number of cyclic esters (lactones) is 1. The van der Waals surface area contributed by atoms with Crippen molar-refractivity contribution in [1.29, 1.82) is 0 Å². The van der Waals surface area contributed by atoms with Gasteiger partial charge in [-0.1, -0.05) is 18.2 Å². The van der Waals surface area contributed by atoms with E-state index in [0.29, 0.717) is 18.0 Å². The number of para-hydroxylation sites is 1. The molecule has 4 rings (SSSR count). The second kappa shape index (κ2) is 6.05. The first-order valence-electron chi connectivity index (χ1n) is 7.81. The Morgan fingerprint density at radius 2 is 2.04 bits per heavy atom. The molecule has 0 saturated carbocycles. The van der Waals surface area contributed by atoms with Crippen molar-refractivity contribution >= 4 is 11.8 Å². The minimum atomic E-state index is -0.579. The van der Waals surface area contributed by atoms with Gasteiger partial charge in [0.05, 0.1) is 6.54 Å². The van der Waals surface area contributed by atoms with Crippen LogP contribution in [-0.2, 0) is 4.74 Å². The van der Waals surface area contributed by atoms with Crippen molar-refractivity contribution in [2.75, 3.05) is 24.7 Å². The summed E-state index contributed by atoms with van der Waals surface area (Å²) in [6, 6.07) is 14.7. The fourth-order valence-electron chi connectivity index (χ4n) is 2.88. The van der Waals surface area contributed by atoms with Crippen molar-refractivity contribution < 1.29 is 24.1 Å². The molecule has 2 aliphatic heterocycles. The summed E-state index contributed by atoms with van der Waals surface area (Å²) in [5.41, 5.74) is 1.58. The topological polar surface area (TPSA) is 68.2 Å². The van der Waals surface area contributed by atoms with E-state index in [0.717, 1.165) is 11.3 Å². The predicted molar refractivity (Wildman–Crippen MR) is 86.4 cm³/mol. The fraction of sp³-hybridized carbons (Fsp3) is 0.278. The van der Waals surface area contributed by atoms with Gasteiger partial charge in [-0.15, -0.1) is 0 Å². The Morgan fingerprint density at radius 1 is 1.21 bits per heavy atom. The summed E-state index contributed by atoms with van der Waals surface area (Å²) in [6.45, 7) is 0.977. The van der Waals surface area contributed by atoms with Crippen LogP contribution in [0.4, 0.5) is 10.5 Å². The van der Waals surface area contributed by atoms with Crippen LogP contribution in [0.1, 0.15) is 11.7 Å². The molecule has 2 aliphatic rings. The van der Waals surface area contributed by atoms with E-state index in [2.05, 4.69) is 0 Å². The molecule has 1 N–H and O–H groups in total. The van der Waals surface area contributed by atoms with Gasteiger partial charge < -0.3 is 19.3 Å². The third kappa shape index (κ3) is 2.76. The van der Waals surface area contributed by atoms with Crippen LogP contribution in [0, 0.1) is 0 Å². The number of carbonyl (C=O) groups excluding carboxylic acids is 1. The Balaban J connectivity index is 1.38. The van der Waals surface area contributed by atoms with Gasteiger partial charge in [-0.05, 0) is 24.3 Å². The minimum absolute atomic E-state index is 0.260. The van der Waals surface area contributed by atoms with Gasteiger partial charge in [-0.3, -0.25) is 4.90 Å². The van der Waals surface area contributed by atoms with E-state index in [1.165, 1.54) is 0 Å². The lowest BCUT2D eigenvalue weighted by molar-refractivity contribution is 0.105. The summed E-state index contributed by atoms with van der Waals surface area (Å²) in [5, 5.41) is 9.71. The molecule has 0 bridgehead atoms. The lowest BCUT2D eigenvalue weighted by Gasteiger charge is -2.13. The Hall–Kier alpha value is -2.73. The predicted octanol–water partition coefficient (Wildman–Crippen LogP) is 2.52. The van der Waals surface area contributed by atoms with E-state index in [-0.39, 0.29) is 25.4 Å². The summed E-state index contributed by atoms with van der Waals surface area (Å²) in [4.78, 5) is 13.6. The van der Waals surface area contributed by atoms with Crippen LogP contribution in [-0.4, -0.2) is 37.1 Å². The largest absolute Gasteiger partial charge is 0.490 e. The van der Waals surface area contributed by atoms with E-state index >= 15 is 0 Å². The highest BCUT2D eigenvalue weighted by molar-refractivity contribution is 5.89. The Kier molecular flexibility index (Phi) is 3.74. The first kappa shape index (κ1) is 14.8. The lowest BCUT2D eigenvalue weighted by Crippen LogP contribution is -2.26. The number of rotatable bonds is 4. The summed E-state index contributed by atoms with van der Waals surface area (Å²) in [5.74, 6) is 1.26. The molecule has 0 aliphatic carbocycles. The highest BCUT2D eigenvalue weighted by atomic mass is 16.6. The SMILES string of the molecule is O=C1OC(COc2ccc3c(c2)OC[C@@H]3O)CN1c1ccccc1. The zero-order valence-corrected chi connectivity index (χ0v) is 12.9. The molecule has 2 heterocycles. The number of carbonyl (C=O) groups is 1. The summed E-state index contributed by atoms with van der Waals surface area (Å²) >= 11 is 0. The van der Waals surface area contributed by atoms with Gasteiger partial charge in [0.1, 0.15) is 30.8 Å². The smallest absolute Gasteiger partial charge is 0.414 e. The summed E-state index contributed by atoms with van der Waals surface area (Å²) < 4.78 is 16.5. The fourth-order valence-corrected chi connectivity index (χ4v) is 2.88. The highest BCUT2D eigenvalue weighted by Crippen LogP contribution is 2.35. The van der Waals surface area contributed by atoms with Crippen LogP contribution < -0.4 is 14.4 Å². The molecule has 2 aromatic rings. The van der Waals surface area contributed by atoms with Crippen molar-refractivity contribution in [1.82, 2.24) is 0 Å². The molecule has 0 spiro atoms. The number of aliphatic hydroxyl groups is 1. The van der Waals surface area contributed by atoms with Gasteiger partial charge in [-0.2, -0.15) is 0 Å². The number of aliphatic hydroxyl groups excluding tert-OH is 1. The van der Waals surface area contributed by atoms with Crippen LogP contribution >= 0.6 is 0 Å². The van der Waals surface area contributed by atoms with E-state index in [1.807, 2.05) is 30.3 Å². The molecular formula is C18H17NO5. The standard InChI is InChI=1S/C18H17NO5/c20-16-11-23-17-8-13(6-7-15(16)17)22-10-14-9-19(18(21)24-14)12-4-2-1-3-5-12/h1-8,14,16,20H,9-11H2/t14?,16-/m0/s1. The van der Waals surface area contributed by atoms with Crippen LogP contribution in [0.5, 0.6) is 11.5 Å². The van der Waals surface area contributed by atoms with Crippen LogP contribution in [0.15, 0.2) is 48.5 Å². The maximum Gasteiger partial charge on any atom is 0.414 e. The molecule has 2 aromatic carbocycles. The molecule has 6 heteroatoms. The molecular weight excluding hydrogens is 310 g/mol. The van der Waals surface area contributed by atoms with Crippen LogP contribution in [0.25, 0.3) is 0 Å². The van der Waals surface area contributed by atoms with Gasteiger partial charge in [0.25, 0.3) is 0 Å². The van der Waals surface area contributed by atoms with E-state index < -0.39 is 6.10 Å². The Labute approximate surface area is 139 Å². The minimum Gasteiger partial charge on any atom is -0.490 e. The number of ether oxygens (including phenoxy) is 3. The number of fused-ring (bicyclic) bond motifs is 1. The van der Waals surface area contributed by atoms with Crippen molar-refractivity contribution in [3.05, 3.63) is 54.1 Å². The van der Waals surface area contributed by atoms with E-state index in [1.54, 1.807) is 23.1 Å². The zero-order valence-electron chi connectivity index (χ0n) is 12.9. The van der Waals surface area contributed by atoms with Crippen molar-refractivity contribution in [3.63, 3.8) is 0 Å². The van der Waals surface area contributed by atoms with Crippen molar-refractivity contribution in [2.45, 2.75) is 12.2 Å². The molecule has 124 valence electrons. The lowest BCUT2D eigenvalue weighted by atomic mass is 10.1. The number of amides is 1. The number of hydrogen-bond donors (Lipinski definition) is 1. The van der Waals surface area contributed by atoms with Gasteiger partial charge in [0.15, 0.2) is 6.10 Å². The van der Waals surface area contributed by atoms with Crippen LogP contribution in [0.3, 0.4) is 0 Å². The summed E-state index contributed by atoms with van der Waals surface area (Å²) in [6.07, 6.45) is -1.28. The van der Waals surface area contributed by atoms with Gasteiger partial charge in [0, 0.05) is 17.3 Å². The van der Waals surface area contributed by atoms with Gasteiger partial charge in [0.2, 0.25) is 0 Å². The first-order chi connectivity index (χ1) is 11.7. The number of anilines is 1. The summed E-state index contributed by atoms with van der Waals surface area (Å²) in [7, 11) is 0. The third-order valence-electron chi connectivity index (χ3n) is 4.12. The second-order valence-corrected chi connectivity index (χ2v) is 5.79. The highest BCUT2D eigenvalue weighted by Gasteiger charge is 2.32. The molecule has 1 unspecified atom stereocenters. The average molecular weight is 327 g/mol. The van der Waals surface area contributed by atoms with Gasteiger partial charge >= 0.3 is 6.09 Å². The van der Waals surface area contributed by atoms with Crippen molar-refractivity contribution in [3.8, 4) is 11.5 Å². The number of hydrogen-bond acceptors (Lipinski definition) is 5. The van der Waals surface area contributed by atoms with Crippen molar-refractivity contribution in [2.24, 2.45) is 0 Å². The molecule has 1 saturated heterocycles. The molecule has 2 atom stereocenters. The normalized spacial score (nSPS) is 22.0. The first-order valence-corrected chi connectivity index (χ1v) is 7.81. The molecule has 6 nitrogen and oxygen atoms in total.